The Labute approximate surface area is 104 Å². The van der Waals surface area contributed by atoms with Gasteiger partial charge in [0.2, 0.25) is 0 Å². The number of alkyl carbamates (subject to hydrolysis) is 1. The van der Waals surface area contributed by atoms with Crippen molar-refractivity contribution in [2.75, 3.05) is 7.11 Å². The summed E-state index contributed by atoms with van der Waals surface area (Å²) in [6, 6.07) is 0. The number of nitrogens with one attached hydrogen (secondary N) is 1. The molecule has 1 amide bonds. The third kappa shape index (κ3) is 2.91. The van der Waals surface area contributed by atoms with Crippen molar-refractivity contribution in [2.45, 2.75) is 38.3 Å². The molecule has 1 aliphatic rings. The highest BCUT2D eigenvalue weighted by atomic mass is 16.6. The molecule has 0 bridgehead atoms. The lowest BCUT2D eigenvalue weighted by atomic mass is 10.2. The minimum atomic E-state index is -1.50. The number of ether oxygens (including phenoxy) is 2. The van der Waals surface area contributed by atoms with Gasteiger partial charge in [-0.3, -0.25) is 4.79 Å². The second-order valence-corrected chi connectivity index (χ2v) is 5.18. The maximum Gasteiger partial charge on any atom is 0.408 e. The van der Waals surface area contributed by atoms with Gasteiger partial charge in [0, 0.05) is 0 Å². The molecule has 102 valence electrons. The van der Waals surface area contributed by atoms with E-state index in [0.29, 0.717) is 0 Å². The topological polar surface area (TPSA) is 102 Å². The molecule has 7 nitrogen and oxygen atoms in total. The molecule has 2 atom stereocenters. The van der Waals surface area contributed by atoms with E-state index in [1.807, 2.05) is 0 Å². The molecule has 0 aromatic heterocycles. The first-order valence-corrected chi connectivity index (χ1v) is 5.45. The standard InChI is InChI=1S/C11H17NO6/c1-10(2,3)18-9(16)12-11(8(15)17-4)5-6(11)7(13)14/h6H,5H2,1-4H3,(H,12,16)(H,13,14)/t6-,11-/m0/s1. The number of methoxy groups -OCH3 is 1. The number of rotatable bonds is 3. The van der Waals surface area contributed by atoms with E-state index >= 15 is 0 Å². The lowest BCUT2D eigenvalue weighted by Gasteiger charge is -2.22. The number of carboxylic acid groups (broad SMARTS) is 1. The molecule has 0 aromatic carbocycles. The van der Waals surface area contributed by atoms with Crippen molar-refractivity contribution in [2.24, 2.45) is 5.92 Å². The van der Waals surface area contributed by atoms with Crippen LogP contribution in [-0.2, 0) is 19.1 Å². The van der Waals surface area contributed by atoms with E-state index in [-0.39, 0.29) is 6.42 Å². The molecular weight excluding hydrogens is 242 g/mol. The van der Waals surface area contributed by atoms with Crippen LogP contribution in [0.4, 0.5) is 4.79 Å². The fraction of sp³-hybridized carbons (Fsp3) is 0.727. The molecule has 1 rings (SSSR count). The van der Waals surface area contributed by atoms with Crippen molar-refractivity contribution in [3.8, 4) is 0 Å². The van der Waals surface area contributed by atoms with Gasteiger partial charge in [-0.2, -0.15) is 0 Å². The third-order valence-electron chi connectivity index (χ3n) is 2.53. The number of esters is 1. The van der Waals surface area contributed by atoms with E-state index in [4.69, 9.17) is 9.84 Å². The van der Waals surface area contributed by atoms with Crippen LogP contribution in [0.5, 0.6) is 0 Å². The summed E-state index contributed by atoms with van der Waals surface area (Å²) in [4.78, 5) is 34.0. The molecule has 0 aromatic rings. The predicted molar refractivity (Wildman–Crippen MR) is 59.9 cm³/mol. The van der Waals surface area contributed by atoms with Gasteiger partial charge in [-0.05, 0) is 27.2 Å². The number of hydrogen-bond donors (Lipinski definition) is 2. The molecule has 0 saturated heterocycles. The third-order valence-corrected chi connectivity index (χ3v) is 2.53. The van der Waals surface area contributed by atoms with Gasteiger partial charge in [0.1, 0.15) is 5.60 Å². The van der Waals surface area contributed by atoms with Gasteiger partial charge in [0.15, 0.2) is 5.54 Å². The smallest absolute Gasteiger partial charge is 0.408 e. The SMILES string of the molecule is COC(=O)[C@]1(NC(=O)OC(C)(C)C)C[C@H]1C(=O)O. The molecule has 7 heteroatoms. The van der Waals surface area contributed by atoms with Crippen LogP contribution in [0.2, 0.25) is 0 Å². The molecule has 2 N–H and O–H groups in total. The van der Waals surface area contributed by atoms with E-state index < -0.39 is 35.1 Å². The summed E-state index contributed by atoms with van der Waals surface area (Å²) in [7, 11) is 1.14. The molecule has 0 unspecified atom stereocenters. The van der Waals surface area contributed by atoms with Crippen LogP contribution in [-0.4, -0.2) is 41.4 Å². The van der Waals surface area contributed by atoms with Crippen molar-refractivity contribution in [3.63, 3.8) is 0 Å². The van der Waals surface area contributed by atoms with Gasteiger partial charge in [-0.15, -0.1) is 0 Å². The molecule has 0 aliphatic heterocycles. The van der Waals surface area contributed by atoms with Crippen LogP contribution >= 0.6 is 0 Å². The zero-order valence-electron chi connectivity index (χ0n) is 10.8. The van der Waals surface area contributed by atoms with Crippen molar-refractivity contribution in [1.82, 2.24) is 5.32 Å². The van der Waals surface area contributed by atoms with Crippen LogP contribution in [0.25, 0.3) is 0 Å². The minimum absolute atomic E-state index is 0.00818. The average molecular weight is 259 g/mol. The molecule has 1 fully saturated rings. The lowest BCUT2D eigenvalue weighted by molar-refractivity contribution is -0.148. The molecule has 0 spiro atoms. The number of aliphatic carboxylic acids is 1. The van der Waals surface area contributed by atoms with Crippen LogP contribution < -0.4 is 5.32 Å². The maximum absolute atomic E-state index is 11.6. The summed E-state index contributed by atoms with van der Waals surface area (Å²) in [6.45, 7) is 5.00. The predicted octanol–water partition coefficient (Wildman–Crippen LogP) is 0.527. The highest BCUT2D eigenvalue weighted by Crippen LogP contribution is 2.44. The van der Waals surface area contributed by atoms with E-state index in [1.54, 1.807) is 20.8 Å². The van der Waals surface area contributed by atoms with Gasteiger partial charge >= 0.3 is 18.0 Å². The largest absolute Gasteiger partial charge is 0.481 e. The summed E-state index contributed by atoms with van der Waals surface area (Å²) >= 11 is 0. The molecular formula is C11H17NO6. The number of carbonyl (C=O) groups excluding carboxylic acids is 2. The zero-order chi connectivity index (χ0) is 14.1. The molecule has 1 aliphatic carbocycles. The van der Waals surface area contributed by atoms with E-state index in [0.717, 1.165) is 7.11 Å². The summed E-state index contributed by atoms with van der Waals surface area (Å²) < 4.78 is 9.50. The molecule has 0 heterocycles. The first-order valence-electron chi connectivity index (χ1n) is 5.45. The van der Waals surface area contributed by atoms with Gasteiger partial charge in [-0.25, -0.2) is 9.59 Å². The minimum Gasteiger partial charge on any atom is -0.481 e. The Morgan fingerprint density at radius 3 is 2.22 bits per heavy atom. The Hall–Kier alpha value is -1.79. The van der Waals surface area contributed by atoms with Crippen molar-refractivity contribution in [3.05, 3.63) is 0 Å². The van der Waals surface area contributed by atoms with Crippen LogP contribution in [0.3, 0.4) is 0 Å². The van der Waals surface area contributed by atoms with Gasteiger partial charge in [0.05, 0.1) is 13.0 Å². The van der Waals surface area contributed by atoms with Crippen molar-refractivity contribution >= 4 is 18.0 Å². The summed E-state index contributed by atoms with van der Waals surface area (Å²) in [5, 5.41) is 11.2. The monoisotopic (exact) mass is 259 g/mol. The van der Waals surface area contributed by atoms with Crippen molar-refractivity contribution in [1.29, 1.82) is 0 Å². The second kappa shape index (κ2) is 4.47. The lowest BCUT2D eigenvalue weighted by Crippen LogP contribution is -2.48. The second-order valence-electron chi connectivity index (χ2n) is 5.18. The fourth-order valence-electron chi connectivity index (χ4n) is 1.64. The fourth-order valence-corrected chi connectivity index (χ4v) is 1.64. The van der Waals surface area contributed by atoms with E-state index in [2.05, 4.69) is 10.1 Å². The number of hydrogen-bond acceptors (Lipinski definition) is 5. The maximum atomic E-state index is 11.6. The summed E-state index contributed by atoms with van der Waals surface area (Å²) in [5.74, 6) is -2.91. The first kappa shape index (κ1) is 14.3. The summed E-state index contributed by atoms with van der Waals surface area (Å²) in [5.41, 5.74) is -2.22. The van der Waals surface area contributed by atoms with Crippen molar-refractivity contribution < 1.29 is 29.0 Å². The van der Waals surface area contributed by atoms with Crippen LogP contribution in [0.15, 0.2) is 0 Å². The summed E-state index contributed by atoms with van der Waals surface area (Å²) in [6.07, 6.45) is -0.828. The molecule has 1 saturated carbocycles. The zero-order valence-corrected chi connectivity index (χ0v) is 10.8. The highest BCUT2D eigenvalue weighted by molar-refractivity contribution is 5.97. The Morgan fingerprint density at radius 1 is 1.33 bits per heavy atom. The van der Waals surface area contributed by atoms with Gasteiger partial charge in [0.25, 0.3) is 0 Å². The molecule has 0 radical (unpaired) electrons. The average Bonchev–Trinajstić information content (AvgIpc) is 2.89. The van der Waals surface area contributed by atoms with Gasteiger partial charge in [-0.1, -0.05) is 0 Å². The Morgan fingerprint density at radius 2 is 1.89 bits per heavy atom. The Kier molecular flexibility index (Phi) is 3.54. The van der Waals surface area contributed by atoms with Gasteiger partial charge < -0.3 is 19.9 Å². The normalized spacial score (nSPS) is 26.1. The Balaban J connectivity index is 2.75. The number of carbonyl (C=O) groups is 3. The Bertz CT molecular complexity index is 385. The first-order chi connectivity index (χ1) is 8.12. The number of amides is 1. The van der Waals surface area contributed by atoms with Crippen LogP contribution in [0, 0.1) is 5.92 Å². The van der Waals surface area contributed by atoms with E-state index in [9.17, 15) is 14.4 Å². The number of carboxylic acids is 1. The van der Waals surface area contributed by atoms with Crippen LogP contribution in [0.1, 0.15) is 27.2 Å². The van der Waals surface area contributed by atoms with E-state index in [1.165, 1.54) is 0 Å². The highest BCUT2D eigenvalue weighted by Gasteiger charge is 2.66. The quantitative estimate of drug-likeness (QED) is 0.717. The molecule has 18 heavy (non-hydrogen) atoms.